The monoisotopic (exact) mass is 246 g/mol. The average molecular weight is 246 g/mol. The molecule has 0 aliphatic heterocycles. The van der Waals surface area contributed by atoms with Crippen LogP contribution in [0.4, 0.5) is 13.2 Å². The molecule has 0 spiro atoms. The number of halogens is 3. The first kappa shape index (κ1) is 10.2. The van der Waals surface area contributed by atoms with Gasteiger partial charge in [-0.2, -0.15) is 13.2 Å². The molecule has 0 aromatic rings. The van der Waals surface area contributed by atoms with E-state index in [0.717, 1.165) is 0 Å². The van der Waals surface area contributed by atoms with Crippen molar-refractivity contribution in [3.63, 3.8) is 0 Å². The Bertz CT molecular complexity index is 428. The summed E-state index contributed by atoms with van der Waals surface area (Å²) >= 11 is 0. The third-order valence-electron chi connectivity index (χ3n) is 6.47. The summed E-state index contributed by atoms with van der Waals surface area (Å²) in [6.07, 6.45) is -3.70. The summed E-state index contributed by atoms with van der Waals surface area (Å²) in [6, 6.07) is 0. The van der Waals surface area contributed by atoms with Crippen LogP contribution in [0.2, 0.25) is 0 Å². The number of alkyl halides is 3. The summed E-state index contributed by atoms with van der Waals surface area (Å²) in [4.78, 5) is 11.8. The SMILES string of the molecule is COC(=O)C12CC3C1C1C2C(C)C31C(F)(F)F. The third-order valence-corrected chi connectivity index (χ3v) is 6.47. The Labute approximate surface area is 96.5 Å². The molecule has 0 heterocycles. The molecule has 4 rings (SSSR count). The highest BCUT2D eigenvalue weighted by atomic mass is 19.4. The highest BCUT2D eigenvalue weighted by molar-refractivity contribution is 5.83. The number of esters is 1. The summed E-state index contributed by atoms with van der Waals surface area (Å²) in [6.45, 7) is 1.66. The molecule has 4 saturated carbocycles. The molecule has 4 aliphatic rings. The summed E-state index contributed by atoms with van der Waals surface area (Å²) < 4.78 is 44.4. The van der Waals surface area contributed by atoms with E-state index in [4.69, 9.17) is 4.74 Å². The van der Waals surface area contributed by atoms with E-state index in [2.05, 4.69) is 0 Å². The van der Waals surface area contributed by atoms with E-state index in [9.17, 15) is 18.0 Å². The Morgan fingerprint density at radius 2 is 1.94 bits per heavy atom. The van der Waals surface area contributed by atoms with Crippen LogP contribution in [0.1, 0.15) is 13.3 Å². The first-order valence-corrected chi connectivity index (χ1v) is 6.00. The molecule has 7 unspecified atom stereocenters. The number of carbonyl (C=O) groups is 1. The van der Waals surface area contributed by atoms with Gasteiger partial charge in [-0.1, -0.05) is 6.92 Å². The van der Waals surface area contributed by atoms with Crippen LogP contribution in [0.3, 0.4) is 0 Å². The van der Waals surface area contributed by atoms with Gasteiger partial charge in [0.25, 0.3) is 0 Å². The van der Waals surface area contributed by atoms with E-state index in [1.807, 2.05) is 0 Å². The molecule has 5 heteroatoms. The van der Waals surface area contributed by atoms with Gasteiger partial charge in [0.15, 0.2) is 0 Å². The highest BCUT2D eigenvalue weighted by Crippen LogP contribution is 2.98. The summed E-state index contributed by atoms with van der Waals surface area (Å²) in [7, 11) is 1.33. The standard InChI is InChI=1S/C12H13F3O2/c1-4-6-8-7-5(11(4,8)12(13,14)15)3-10(6,7)9(16)17-2/h4-8H,3H2,1-2H3. The second-order valence-corrected chi connectivity index (χ2v) is 6.14. The molecule has 0 N–H and O–H groups in total. The number of ether oxygens (including phenoxy) is 1. The minimum atomic E-state index is -4.10. The van der Waals surface area contributed by atoms with Crippen LogP contribution in [0.5, 0.6) is 0 Å². The van der Waals surface area contributed by atoms with E-state index in [1.54, 1.807) is 6.92 Å². The van der Waals surface area contributed by atoms with Crippen molar-refractivity contribution in [3.8, 4) is 0 Å². The van der Waals surface area contributed by atoms with Crippen molar-refractivity contribution in [2.45, 2.75) is 19.5 Å². The maximum Gasteiger partial charge on any atom is 0.395 e. The van der Waals surface area contributed by atoms with Crippen molar-refractivity contribution in [3.05, 3.63) is 0 Å². The van der Waals surface area contributed by atoms with Gasteiger partial charge in [0.05, 0.1) is 17.9 Å². The Morgan fingerprint density at radius 1 is 1.29 bits per heavy atom. The lowest BCUT2D eigenvalue weighted by Crippen LogP contribution is -2.98. The van der Waals surface area contributed by atoms with Crippen LogP contribution in [-0.4, -0.2) is 19.3 Å². The lowest BCUT2D eigenvalue weighted by Gasteiger charge is -2.95. The van der Waals surface area contributed by atoms with Gasteiger partial charge in [0, 0.05) is 0 Å². The Kier molecular flexibility index (Phi) is 1.34. The molecule has 0 amide bonds. The Balaban J connectivity index is 1.73. The van der Waals surface area contributed by atoms with Crippen molar-refractivity contribution >= 4 is 5.97 Å². The predicted molar refractivity (Wildman–Crippen MR) is 50.7 cm³/mol. The molecule has 0 bridgehead atoms. The second kappa shape index (κ2) is 2.24. The molecular formula is C12H13F3O2. The van der Waals surface area contributed by atoms with Gasteiger partial charge in [0.1, 0.15) is 0 Å². The molecule has 0 saturated heterocycles. The van der Waals surface area contributed by atoms with Gasteiger partial charge in [-0.3, -0.25) is 4.79 Å². The fraction of sp³-hybridized carbons (Fsp3) is 0.917. The van der Waals surface area contributed by atoms with E-state index in [0.29, 0.717) is 6.42 Å². The lowest BCUT2D eigenvalue weighted by molar-refractivity contribution is -0.547. The highest BCUT2D eigenvalue weighted by Gasteiger charge is 3.01. The molecule has 94 valence electrons. The number of hydrogen-bond acceptors (Lipinski definition) is 2. The first-order chi connectivity index (χ1) is 7.85. The summed E-state index contributed by atoms with van der Waals surface area (Å²) in [5.41, 5.74) is -1.98. The quantitative estimate of drug-likeness (QED) is 0.663. The third kappa shape index (κ3) is 0.593. The van der Waals surface area contributed by atoms with E-state index in [1.165, 1.54) is 7.11 Å². The van der Waals surface area contributed by atoms with E-state index in [-0.39, 0.29) is 29.6 Å². The first-order valence-electron chi connectivity index (χ1n) is 6.00. The number of hydrogen-bond donors (Lipinski definition) is 0. The minimum Gasteiger partial charge on any atom is -0.469 e. The van der Waals surface area contributed by atoms with Crippen molar-refractivity contribution in [1.29, 1.82) is 0 Å². The van der Waals surface area contributed by atoms with Gasteiger partial charge in [-0.25, -0.2) is 0 Å². The Morgan fingerprint density at radius 3 is 2.29 bits per heavy atom. The van der Waals surface area contributed by atoms with Crippen molar-refractivity contribution < 1.29 is 22.7 Å². The van der Waals surface area contributed by atoms with Gasteiger partial charge in [-0.15, -0.1) is 0 Å². The van der Waals surface area contributed by atoms with E-state index >= 15 is 0 Å². The molecule has 2 nitrogen and oxygen atoms in total. The van der Waals surface area contributed by atoms with Crippen LogP contribution in [-0.2, 0) is 9.53 Å². The molecule has 4 fully saturated rings. The van der Waals surface area contributed by atoms with Crippen molar-refractivity contribution in [1.82, 2.24) is 0 Å². The largest absolute Gasteiger partial charge is 0.469 e. The smallest absolute Gasteiger partial charge is 0.395 e. The predicted octanol–water partition coefficient (Wildman–Crippen LogP) is 2.24. The fourth-order valence-corrected chi connectivity index (χ4v) is 6.15. The maximum absolute atomic E-state index is 13.2. The van der Waals surface area contributed by atoms with Crippen LogP contribution in [0.25, 0.3) is 0 Å². The van der Waals surface area contributed by atoms with Gasteiger partial charge < -0.3 is 4.74 Å². The summed E-state index contributed by atoms with van der Waals surface area (Å²) in [5, 5.41) is 0. The second-order valence-electron chi connectivity index (χ2n) is 6.14. The van der Waals surface area contributed by atoms with Gasteiger partial charge in [0.2, 0.25) is 0 Å². The average Bonchev–Trinajstić information content (AvgIpc) is 2.24. The maximum atomic E-state index is 13.2. The van der Waals surface area contributed by atoms with Gasteiger partial charge in [-0.05, 0) is 36.0 Å². The zero-order valence-electron chi connectivity index (χ0n) is 9.54. The zero-order chi connectivity index (χ0) is 12.4. The van der Waals surface area contributed by atoms with Crippen LogP contribution in [0.15, 0.2) is 0 Å². The summed E-state index contributed by atoms with van der Waals surface area (Å²) in [5.74, 6) is -1.39. The van der Waals surface area contributed by atoms with Gasteiger partial charge >= 0.3 is 12.1 Å². The van der Waals surface area contributed by atoms with Crippen LogP contribution >= 0.6 is 0 Å². The van der Waals surface area contributed by atoms with E-state index < -0.39 is 22.9 Å². The molecule has 7 atom stereocenters. The number of fused-ring (bicyclic) bond motifs is 2. The fourth-order valence-electron chi connectivity index (χ4n) is 6.15. The molecule has 0 radical (unpaired) electrons. The normalized spacial score (nSPS) is 61.1. The lowest BCUT2D eigenvalue weighted by atomic mass is 9.07. The number of methoxy groups -OCH3 is 1. The number of carbonyl (C=O) groups excluding carboxylic acids is 1. The Hall–Kier alpha value is -0.740. The molecule has 0 aromatic carbocycles. The number of rotatable bonds is 1. The van der Waals surface area contributed by atoms with Crippen molar-refractivity contribution in [2.24, 2.45) is 40.4 Å². The molecule has 4 aliphatic carbocycles. The molecule has 17 heavy (non-hydrogen) atoms. The molecule has 0 aromatic heterocycles. The molecular weight excluding hydrogens is 233 g/mol. The minimum absolute atomic E-state index is 0.0298. The van der Waals surface area contributed by atoms with Crippen molar-refractivity contribution in [2.75, 3.05) is 7.11 Å². The zero-order valence-corrected chi connectivity index (χ0v) is 9.54. The topological polar surface area (TPSA) is 26.3 Å². The van der Waals surface area contributed by atoms with Crippen LogP contribution < -0.4 is 0 Å². The van der Waals surface area contributed by atoms with Crippen LogP contribution in [0, 0.1) is 40.4 Å².